The normalized spacial score (nSPS) is 16.6. The maximum atomic E-state index is 12.7. The third kappa shape index (κ3) is 4.17. The van der Waals surface area contributed by atoms with Gasteiger partial charge in [-0.15, -0.1) is 11.3 Å². The first-order valence-electron chi connectivity index (χ1n) is 8.19. The smallest absolute Gasteiger partial charge is 0.337 e. The second-order valence-electron chi connectivity index (χ2n) is 6.00. The highest BCUT2D eigenvalue weighted by Crippen LogP contribution is 2.32. The van der Waals surface area contributed by atoms with E-state index >= 15 is 0 Å². The molecule has 3 rings (SSSR count). The number of carboxylic acids is 1. The maximum absolute atomic E-state index is 12.7. The van der Waals surface area contributed by atoms with E-state index in [9.17, 15) is 18.3 Å². The van der Waals surface area contributed by atoms with E-state index in [1.54, 1.807) is 30.3 Å². The van der Waals surface area contributed by atoms with E-state index in [0.717, 1.165) is 30.6 Å². The Morgan fingerprint density at radius 3 is 2.54 bits per heavy atom. The van der Waals surface area contributed by atoms with Crippen LogP contribution in [0.2, 0.25) is 5.02 Å². The molecule has 2 aromatic rings. The summed E-state index contributed by atoms with van der Waals surface area (Å²) >= 11 is 6.93. The van der Waals surface area contributed by atoms with E-state index < -0.39 is 16.0 Å². The Labute approximate surface area is 161 Å². The lowest BCUT2D eigenvalue weighted by Gasteiger charge is -2.25. The van der Waals surface area contributed by atoms with Crippen LogP contribution in [-0.2, 0) is 14.8 Å². The quantitative estimate of drug-likeness (QED) is 0.748. The summed E-state index contributed by atoms with van der Waals surface area (Å²) in [4.78, 5) is 12.1. The fraction of sp³-hybridized carbons (Fsp3) is 0.278. The molecule has 0 atom stereocenters. The zero-order valence-corrected chi connectivity index (χ0v) is 16.3. The number of piperidine rings is 1. The second kappa shape index (κ2) is 7.92. The molecule has 5 nitrogen and oxygen atoms in total. The molecule has 0 radical (unpaired) electrons. The highest BCUT2D eigenvalue weighted by atomic mass is 35.5. The van der Waals surface area contributed by atoms with Gasteiger partial charge >= 0.3 is 5.97 Å². The number of thiophene rings is 1. The molecule has 0 amide bonds. The topological polar surface area (TPSA) is 74.7 Å². The van der Waals surface area contributed by atoms with Gasteiger partial charge in [-0.1, -0.05) is 30.2 Å². The number of nitrogens with zero attached hydrogens (tertiary/aromatic N) is 1. The molecule has 1 aliphatic rings. The molecule has 1 aromatic carbocycles. The van der Waals surface area contributed by atoms with Crippen molar-refractivity contribution < 1.29 is 18.3 Å². The Morgan fingerprint density at radius 1 is 1.15 bits per heavy atom. The van der Waals surface area contributed by atoms with Crippen molar-refractivity contribution >= 4 is 50.6 Å². The van der Waals surface area contributed by atoms with E-state index in [1.807, 2.05) is 0 Å². The molecular formula is C18H18ClNO4S2. The average molecular weight is 412 g/mol. The average Bonchev–Trinajstić information content (AvgIpc) is 3.11. The Kier molecular flexibility index (Phi) is 5.82. The molecule has 0 aliphatic carbocycles. The lowest BCUT2D eigenvalue weighted by molar-refractivity contribution is -0.130. The number of hydrogen-bond acceptors (Lipinski definition) is 4. The third-order valence-electron chi connectivity index (χ3n) is 4.15. The van der Waals surface area contributed by atoms with Crippen LogP contribution in [0.15, 0.2) is 40.6 Å². The molecule has 0 saturated carbocycles. The van der Waals surface area contributed by atoms with Gasteiger partial charge in [0.1, 0.15) is 4.21 Å². The minimum absolute atomic E-state index is 0.0392. The first-order chi connectivity index (χ1) is 12.4. The number of benzene rings is 1. The lowest BCUT2D eigenvalue weighted by Crippen LogP contribution is -2.35. The van der Waals surface area contributed by atoms with Crippen LogP contribution in [0.3, 0.4) is 0 Å². The van der Waals surface area contributed by atoms with Gasteiger partial charge in [-0.25, -0.2) is 13.2 Å². The van der Waals surface area contributed by atoms with Crippen molar-refractivity contribution in [1.82, 2.24) is 4.31 Å². The molecule has 1 fully saturated rings. The van der Waals surface area contributed by atoms with Crippen LogP contribution in [0.5, 0.6) is 0 Å². The van der Waals surface area contributed by atoms with Gasteiger partial charge in [-0.2, -0.15) is 4.31 Å². The first kappa shape index (κ1) is 19.1. The highest BCUT2D eigenvalue weighted by Gasteiger charge is 2.28. The summed E-state index contributed by atoms with van der Waals surface area (Å²) < 4.78 is 27.1. The molecule has 138 valence electrons. The number of carbonyl (C=O) groups is 1. The summed E-state index contributed by atoms with van der Waals surface area (Å²) in [6.45, 7) is 1.03. The SMILES string of the molecule is O=C(O)C(=Cc1cccc(Cl)c1)c1ccc(S(=O)(=O)N2CCCCC2)s1. The van der Waals surface area contributed by atoms with E-state index in [1.165, 1.54) is 16.4 Å². The van der Waals surface area contributed by atoms with Gasteiger partial charge in [-0.3, -0.25) is 0 Å². The minimum atomic E-state index is -3.57. The summed E-state index contributed by atoms with van der Waals surface area (Å²) in [5.41, 5.74) is 0.682. The number of carboxylic acid groups (broad SMARTS) is 1. The molecule has 26 heavy (non-hydrogen) atoms. The molecule has 1 aliphatic heterocycles. The zero-order chi connectivity index (χ0) is 18.7. The van der Waals surface area contributed by atoms with Crippen molar-refractivity contribution in [3.8, 4) is 0 Å². The number of aliphatic carboxylic acids is 1. The Morgan fingerprint density at radius 2 is 1.88 bits per heavy atom. The number of rotatable bonds is 5. The minimum Gasteiger partial charge on any atom is -0.478 e. The van der Waals surface area contributed by atoms with Crippen LogP contribution in [-0.4, -0.2) is 36.9 Å². The number of sulfonamides is 1. The van der Waals surface area contributed by atoms with Crippen molar-refractivity contribution in [3.63, 3.8) is 0 Å². The molecule has 1 aromatic heterocycles. The lowest BCUT2D eigenvalue weighted by atomic mass is 10.1. The van der Waals surface area contributed by atoms with E-state index in [0.29, 0.717) is 28.6 Å². The van der Waals surface area contributed by atoms with Gasteiger partial charge in [0.15, 0.2) is 0 Å². The molecule has 2 heterocycles. The predicted octanol–water partition coefficient (Wildman–Crippen LogP) is 4.20. The van der Waals surface area contributed by atoms with E-state index in [-0.39, 0.29) is 9.78 Å². The molecule has 8 heteroatoms. The first-order valence-corrected chi connectivity index (χ1v) is 10.8. The van der Waals surface area contributed by atoms with Crippen LogP contribution in [0.25, 0.3) is 11.6 Å². The summed E-state index contributed by atoms with van der Waals surface area (Å²) in [7, 11) is -3.57. The molecule has 0 unspecified atom stereocenters. The van der Waals surface area contributed by atoms with Crippen molar-refractivity contribution in [2.24, 2.45) is 0 Å². The fourth-order valence-corrected chi connectivity index (χ4v) is 6.02. The van der Waals surface area contributed by atoms with Crippen LogP contribution in [0, 0.1) is 0 Å². The largest absolute Gasteiger partial charge is 0.478 e. The Balaban J connectivity index is 1.94. The number of halogens is 1. The Hall–Kier alpha value is -1.67. The summed E-state index contributed by atoms with van der Waals surface area (Å²) in [6.07, 6.45) is 4.24. The summed E-state index contributed by atoms with van der Waals surface area (Å²) in [5, 5.41) is 10.1. The monoisotopic (exact) mass is 411 g/mol. The molecular weight excluding hydrogens is 394 g/mol. The molecule has 0 spiro atoms. The maximum Gasteiger partial charge on any atom is 0.337 e. The van der Waals surface area contributed by atoms with Crippen LogP contribution < -0.4 is 0 Å². The number of hydrogen-bond donors (Lipinski definition) is 1. The van der Waals surface area contributed by atoms with Crippen molar-refractivity contribution in [2.75, 3.05) is 13.1 Å². The predicted molar refractivity (Wildman–Crippen MR) is 104 cm³/mol. The second-order valence-corrected chi connectivity index (χ2v) is 9.69. The highest BCUT2D eigenvalue weighted by molar-refractivity contribution is 7.91. The van der Waals surface area contributed by atoms with Gasteiger partial charge in [-0.05, 0) is 48.7 Å². The van der Waals surface area contributed by atoms with Crippen LogP contribution >= 0.6 is 22.9 Å². The summed E-state index contributed by atoms with van der Waals surface area (Å²) in [6, 6.07) is 9.87. The van der Waals surface area contributed by atoms with Crippen molar-refractivity contribution in [1.29, 1.82) is 0 Å². The van der Waals surface area contributed by atoms with Gasteiger partial charge < -0.3 is 5.11 Å². The van der Waals surface area contributed by atoms with Gasteiger partial charge in [0.05, 0.1) is 5.57 Å². The van der Waals surface area contributed by atoms with Gasteiger partial charge in [0.25, 0.3) is 10.0 Å². The van der Waals surface area contributed by atoms with E-state index in [2.05, 4.69) is 0 Å². The van der Waals surface area contributed by atoms with Crippen molar-refractivity contribution in [2.45, 2.75) is 23.5 Å². The van der Waals surface area contributed by atoms with E-state index in [4.69, 9.17) is 11.6 Å². The van der Waals surface area contributed by atoms with Gasteiger partial charge in [0, 0.05) is 23.0 Å². The molecule has 1 N–H and O–H groups in total. The molecule has 0 bridgehead atoms. The van der Waals surface area contributed by atoms with Crippen LogP contribution in [0.1, 0.15) is 29.7 Å². The fourth-order valence-electron chi connectivity index (χ4n) is 2.84. The molecule has 1 saturated heterocycles. The summed E-state index contributed by atoms with van der Waals surface area (Å²) in [5.74, 6) is -1.12. The van der Waals surface area contributed by atoms with Crippen LogP contribution in [0.4, 0.5) is 0 Å². The Bertz CT molecular complexity index is 944. The van der Waals surface area contributed by atoms with Crippen molar-refractivity contribution in [3.05, 3.63) is 51.9 Å². The third-order valence-corrected chi connectivity index (χ3v) is 7.87. The zero-order valence-electron chi connectivity index (χ0n) is 13.9. The van der Waals surface area contributed by atoms with Gasteiger partial charge in [0.2, 0.25) is 0 Å². The standard InChI is InChI=1S/C18H18ClNO4S2/c19-14-6-4-5-13(11-14)12-15(18(21)22)16-7-8-17(25-16)26(23,24)20-9-2-1-3-10-20/h4-8,11-12H,1-3,9-10H2,(H,21,22).